The average molecular weight is 424 g/mol. The standard InChI is InChI=1S/C23H17FO3S2/c24-18-11-9-16(10-12-18)22-20(13-28)19-3-1-2-4-21(19)27-23(22)17-7-5-15(6-8-17)14-29(25)26/h1-13,20H,14H2,(H,25,26)/p-1. The molecule has 0 amide bonds. The molecule has 3 aromatic carbocycles. The number of rotatable bonds is 5. The second-order valence-corrected chi connectivity index (χ2v) is 7.82. The molecule has 3 aromatic rings. The monoisotopic (exact) mass is 423 g/mol. The number of fused-ring (bicyclic) bond motifs is 1. The number of ether oxygens (including phenoxy) is 1. The van der Waals surface area contributed by atoms with E-state index >= 15 is 0 Å². The molecule has 0 aliphatic carbocycles. The predicted molar refractivity (Wildman–Crippen MR) is 116 cm³/mol. The Morgan fingerprint density at radius 2 is 1.66 bits per heavy atom. The fraction of sp³-hybridized carbons (Fsp3) is 0.0870. The molecule has 146 valence electrons. The second kappa shape index (κ2) is 8.37. The van der Waals surface area contributed by atoms with Gasteiger partial charge in [0.25, 0.3) is 0 Å². The van der Waals surface area contributed by atoms with Crippen molar-refractivity contribution in [2.24, 2.45) is 0 Å². The van der Waals surface area contributed by atoms with Gasteiger partial charge < -0.3 is 9.29 Å². The summed E-state index contributed by atoms with van der Waals surface area (Å²) in [6, 6.07) is 21.1. The predicted octanol–water partition coefficient (Wildman–Crippen LogP) is 5.25. The van der Waals surface area contributed by atoms with E-state index in [-0.39, 0.29) is 17.5 Å². The molecule has 29 heavy (non-hydrogen) atoms. The fourth-order valence-corrected chi connectivity index (χ4v) is 4.22. The van der Waals surface area contributed by atoms with Crippen LogP contribution in [0, 0.1) is 5.82 Å². The molecule has 0 saturated heterocycles. The molecule has 1 heterocycles. The lowest BCUT2D eigenvalue weighted by molar-refractivity contribution is 0.500. The number of benzene rings is 3. The van der Waals surface area contributed by atoms with Crippen LogP contribution < -0.4 is 4.74 Å². The van der Waals surface area contributed by atoms with Crippen LogP contribution in [-0.2, 0) is 16.8 Å². The Kier molecular flexibility index (Phi) is 5.67. The molecule has 2 unspecified atom stereocenters. The largest absolute Gasteiger partial charge is 0.772 e. The quantitative estimate of drug-likeness (QED) is 0.415. The van der Waals surface area contributed by atoms with Gasteiger partial charge in [0.1, 0.15) is 17.3 Å². The second-order valence-electron chi connectivity index (χ2n) is 6.65. The van der Waals surface area contributed by atoms with Crippen molar-refractivity contribution in [3.63, 3.8) is 0 Å². The first-order chi connectivity index (χ1) is 14.1. The topological polar surface area (TPSA) is 49.4 Å². The van der Waals surface area contributed by atoms with Crippen molar-refractivity contribution in [2.45, 2.75) is 11.7 Å². The highest BCUT2D eigenvalue weighted by molar-refractivity contribution is 7.79. The lowest BCUT2D eigenvalue weighted by Gasteiger charge is -2.29. The van der Waals surface area contributed by atoms with E-state index in [1.807, 2.05) is 36.4 Å². The Morgan fingerprint density at radius 1 is 1.00 bits per heavy atom. The van der Waals surface area contributed by atoms with Gasteiger partial charge in [0.05, 0.1) is 0 Å². The summed E-state index contributed by atoms with van der Waals surface area (Å²) in [7, 11) is 0. The lowest BCUT2D eigenvalue weighted by atomic mass is 9.83. The highest BCUT2D eigenvalue weighted by Gasteiger charge is 2.30. The van der Waals surface area contributed by atoms with Crippen molar-refractivity contribution < 1.29 is 17.9 Å². The minimum Gasteiger partial charge on any atom is -0.772 e. The van der Waals surface area contributed by atoms with E-state index in [0.717, 1.165) is 22.3 Å². The third-order valence-corrected chi connectivity index (χ3v) is 5.65. The van der Waals surface area contributed by atoms with E-state index in [4.69, 9.17) is 17.0 Å². The van der Waals surface area contributed by atoms with Crippen LogP contribution in [0.1, 0.15) is 28.2 Å². The van der Waals surface area contributed by atoms with E-state index < -0.39 is 11.1 Å². The number of thiocarbonyl (C=S) groups is 1. The van der Waals surface area contributed by atoms with Gasteiger partial charge >= 0.3 is 0 Å². The molecule has 6 heteroatoms. The van der Waals surface area contributed by atoms with E-state index in [2.05, 4.69) is 0 Å². The van der Waals surface area contributed by atoms with E-state index in [0.29, 0.717) is 17.1 Å². The summed E-state index contributed by atoms with van der Waals surface area (Å²) in [4.78, 5) is 0. The molecular weight excluding hydrogens is 407 g/mol. The van der Waals surface area contributed by atoms with Crippen molar-refractivity contribution in [3.05, 3.63) is 101 Å². The maximum atomic E-state index is 13.5. The molecule has 0 radical (unpaired) electrons. The summed E-state index contributed by atoms with van der Waals surface area (Å²) in [5.74, 6) is 0.766. The molecule has 0 saturated carbocycles. The van der Waals surface area contributed by atoms with Gasteiger partial charge in [0.15, 0.2) is 0 Å². The van der Waals surface area contributed by atoms with Gasteiger partial charge in [-0.3, -0.25) is 4.21 Å². The maximum absolute atomic E-state index is 13.5. The van der Waals surface area contributed by atoms with Crippen LogP contribution in [0.25, 0.3) is 11.3 Å². The first kappa shape index (κ1) is 19.6. The van der Waals surface area contributed by atoms with Crippen molar-refractivity contribution >= 4 is 40.0 Å². The van der Waals surface area contributed by atoms with Crippen LogP contribution in [0.5, 0.6) is 5.75 Å². The number of hydrogen-bond acceptors (Lipinski definition) is 4. The van der Waals surface area contributed by atoms with Crippen LogP contribution in [0.3, 0.4) is 0 Å². The number of allylic oxidation sites excluding steroid dienone is 1. The van der Waals surface area contributed by atoms with E-state index in [1.54, 1.807) is 29.6 Å². The molecule has 2 atom stereocenters. The fourth-order valence-electron chi connectivity index (χ4n) is 3.48. The average Bonchev–Trinajstić information content (AvgIpc) is 2.73. The molecule has 1 aliphatic heterocycles. The molecule has 1 aliphatic rings. The maximum Gasteiger partial charge on any atom is 0.139 e. The molecular formula is C23H16FO3S2-. The Bertz CT molecular complexity index is 1110. The lowest BCUT2D eigenvalue weighted by Crippen LogP contribution is -2.15. The van der Waals surface area contributed by atoms with Gasteiger partial charge in [-0.25, -0.2) is 4.39 Å². The van der Waals surface area contributed by atoms with Gasteiger partial charge in [-0.15, -0.1) is 0 Å². The van der Waals surface area contributed by atoms with E-state index in [1.165, 1.54) is 12.1 Å². The zero-order valence-corrected chi connectivity index (χ0v) is 16.8. The van der Waals surface area contributed by atoms with Crippen molar-refractivity contribution in [1.82, 2.24) is 0 Å². The third kappa shape index (κ3) is 4.05. The normalized spacial score (nSPS) is 16.7. The summed E-state index contributed by atoms with van der Waals surface area (Å²) in [6.07, 6.45) is 0. The first-order valence-corrected chi connectivity index (χ1v) is 10.7. The minimum absolute atomic E-state index is 0.0452. The number of hydrogen-bond donors (Lipinski definition) is 0. The number of para-hydroxylation sites is 1. The molecule has 0 bridgehead atoms. The summed E-state index contributed by atoms with van der Waals surface area (Å²) in [6.45, 7) is 0. The highest BCUT2D eigenvalue weighted by Crippen LogP contribution is 2.46. The van der Waals surface area contributed by atoms with Gasteiger partial charge in [-0.05, 0) is 34.7 Å². The molecule has 4 rings (SSSR count). The van der Waals surface area contributed by atoms with Crippen LogP contribution in [0.15, 0.2) is 72.8 Å². The zero-order chi connectivity index (χ0) is 20.4. The number of halogens is 1. The van der Waals surface area contributed by atoms with Crippen molar-refractivity contribution in [1.29, 1.82) is 0 Å². The van der Waals surface area contributed by atoms with Gasteiger partial charge in [-0.2, -0.15) is 0 Å². The van der Waals surface area contributed by atoms with Crippen molar-refractivity contribution in [2.75, 3.05) is 0 Å². The van der Waals surface area contributed by atoms with Crippen LogP contribution in [0.2, 0.25) is 0 Å². The SMILES string of the molecule is O=S([O-])Cc1ccc(C2=C(c3ccc(F)cc3)C(C=S)c3ccccc3O2)cc1. The zero-order valence-electron chi connectivity index (χ0n) is 15.2. The first-order valence-electron chi connectivity index (χ1n) is 8.94. The third-order valence-electron chi connectivity index (χ3n) is 4.81. The molecule has 0 N–H and O–H groups in total. The van der Waals surface area contributed by atoms with Crippen LogP contribution in [0.4, 0.5) is 4.39 Å². The van der Waals surface area contributed by atoms with E-state index in [9.17, 15) is 13.2 Å². The summed E-state index contributed by atoms with van der Waals surface area (Å²) in [5, 5.41) is 1.69. The summed E-state index contributed by atoms with van der Waals surface area (Å²) >= 11 is 3.21. The molecule has 0 aromatic heterocycles. The van der Waals surface area contributed by atoms with Gasteiger partial charge in [0.2, 0.25) is 0 Å². The smallest absolute Gasteiger partial charge is 0.139 e. The Morgan fingerprint density at radius 3 is 2.31 bits per heavy atom. The summed E-state index contributed by atoms with van der Waals surface area (Å²) < 4.78 is 41.7. The highest BCUT2D eigenvalue weighted by atomic mass is 32.2. The molecule has 0 spiro atoms. The van der Waals surface area contributed by atoms with Crippen molar-refractivity contribution in [3.8, 4) is 5.75 Å². The van der Waals surface area contributed by atoms with Gasteiger partial charge in [-0.1, -0.05) is 77.9 Å². The van der Waals surface area contributed by atoms with Crippen LogP contribution >= 0.6 is 12.2 Å². The molecule has 3 nitrogen and oxygen atoms in total. The van der Waals surface area contributed by atoms with Gasteiger partial charge in [0, 0.05) is 28.4 Å². The summed E-state index contributed by atoms with van der Waals surface area (Å²) in [5.41, 5.74) is 4.09. The Labute approximate surface area is 176 Å². The minimum atomic E-state index is -2.15. The molecule has 0 fully saturated rings. The van der Waals surface area contributed by atoms with Crippen LogP contribution in [-0.4, -0.2) is 14.1 Å². The Balaban J connectivity index is 1.88. The Hall–Kier alpha value is -2.67.